The Labute approximate surface area is 154 Å². The van der Waals surface area contributed by atoms with Crippen molar-refractivity contribution in [3.63, 3.8) is 0 Å². The van der Waals surface area contributed by atoms with E-state index in [1.807, 2.05) is 19.2 Å². The summed E-state index contributed by atoms with van der Waals surface area (Å²) in [5.41, 5.74) is 0.502. The number of nitrogens with zero attached hydrogens (tertiary/aromatic N) is 4. The van der Waals surface area contributed by atoms with Crippen molar-refractivity contribution in [1.82, 2.24) is 25.1 Å². The van der Waals surface area contributed by atoms with Gasteiger partial charge in [-0.3, -0.25) is 9.69 Å². The summed E-state index contributed by atoms with van der Waals surface area (Å²) in [4.78, 5) is 37.6. The highest BCUT2D eigenvalue weighted by Crippen LogP contribution is 2.35. The molecule has 140 valence electrons. The summed E-state index contributed by atoms with van der Waals surface area (Å²) in [5.74, 6) is 1.19. The third-order valence-corrected chi connectivity index (χ3v) is 6.06. The molecule has 3 heterocycles. The summed E-state index contributed by atoms with van der Waals surface area (Å²) in [6.07, 6.45) is 7.67. The van der Waals surface area contributed by atoms with Crippen LogP contribution in [0, 0.1) is 6.92 Å². The van der Waals surface area contributed by atoms with Crippen LogP contribution in [0.2, 0.25) is 0 Å². The van der Waals surface area contributed by atoms with Crippen molar-refractivity contribution in [2.24, 2.45) is 0 Å². The van der Waals surface area contributed by atoms with Gasteiger partial charge >= 0.3 is 6.03 Å². The van der Waals surface area contributed by atoms with Gasteiger partial charge in [-0.05, 0) is 45.2 Å². The maximum absolute atomic E-state index is 12.7. The van der Waals surface area contributed by atoms with Crippen molar-refractivity contribution in [2.75, 3.05) is 26.2 Å². The molecule has 7 heteroatoms. The number of aromatic nitrogens is 2. The van der Waals surface area contributed by atoms with Crippen LogP contribution in [0.5, 0.6) is 0 Å². The van der Waals surface area contributed by atoms with Crippen LogP contribution in [0.4, 0.5) is 4.79 Å². The fourth-order valence-electron chi connectivity index (χ4n) is 4.64. The molecule has 7 nitrogen and oxygen atoms in total. The van der Waals surface area contributed by atoms with Crippen LogP contribution in [-0.2, 0) is 4.79 Å². The SMILES string of the molecule is Cc1nccc(C2CCCN(CCN3C(=O)NC4(CCCC4)C3=O)C2)n1. The molecule has 1 aromatic rings. The van der Waals surface area contributed by atoms with Gasteiger partial charge in [-0.2, -0.15) is 0 Å². The maximum Gasteiger partial charge on any atom is 0.325 e. The van der Waals surface area contributed by atoms with Gasteiger partial charge in [-0.15, -0.1) is 0 Å². The van der Waals surface area contributed by atoms with Crippen molar-refractivity contribution in [3.8, 4) is 0 Å². The Morgan fingerprint density at radius 1 is 1.23 bits per heavy atom. The molecule has 2 aliphatic heterocycles. The number of rotatable bonds is 4. The molecule has 3 amide bonds. The van der Waals surface area contributed by atoms with E-state index in [9.17, 15) is 9.59 Å². The van der Waals surface area contributed by atoms with E-state index in [4.69, 9.17) is 0 Å². The minimum atomic E-state index is -0.597. The molecule has 1 unspecified atom stereocenters. The van der Waals surface area contributed by atoms with Gasteiger partial charge < -0.3 is 10.2 Å². The normalized spacial score (nSPS) is 25.9. The molecule has 0 radical (unpaired) electrons. The molecule has 2 saturated heterocycles. The second-order valence-electron chi connectivity index (χ2n) is 7.84. The van der Waals surface area contributed by atoms with Crippen LogP contribution in [0.15, 0.2) is 12.3 Å². The number of aryl methyl sites for hydroxylation is 1. The predicted molar refractivity (Wildman–Crippen MR) is 96.6 cm³/mol. The van der Waals surface area contributed by atoms with E-state index < -0.39 is 5.54 Å². The minimum Gasteiger partial charge on any atom is -0.323 e. The average Bonchev–Trinajstić information content (AvgIpc) is 3.20. The molecule has 3 aliphatic rings. The van der Waals surface area contributed by atoms with Gasteiger partial charge in [0.1, 0.15) is 11.4 Å². The van der Waals surface area contributed by atoms with Crippen LogP contribution in [0.1, 0.15) is 56.0 Å². The third-order valence-electron chi connectivity index (χ3n) is 6.06. The zero-order chi connectivity index (χ0) is 18.1. The molecular weight excluding hydrogens is 330 g/mol. The third kappa shape index (κ3) is 3.20. The topological polar surface area (TPSA) is 78.4 Å². The number of amides is 3. The first-order valence-electron chi connectivity index (χ1n) is 9.73. The summed E-state index contributed by atoms with van der Waals surface area (Å²) in [6, 6.07) is 1.79. The van der Waals surface area contributed by atoms with Gasteiger partial charge in [0.05, 0.1) is 0 Å². The minimum absolute atomic E-state index is 0.0139. The predicted octanol–water partition coefficient (Wildman–Crippen LogP) is 1.83. The first-order valence-corrected chi connectivity index (χ1v) is 9.73. The quantitative estimate of drug-likeness (QED) is 0.832. The fourth-order valence-corrected chi connectivity index (χ4v) is 4.64. The molecule has 1 atom stereocenters. The van der Waals surface area contributed by atoms with E-state index in [0.29, 0.717) is 12.5 Å². The highest BCUT2D eigenvalue weighted by atomic mass is 16.2. The molecule has 26 heavy (non-hydrogen) atoms. The molecular formula is C19H27N5O2. The second kappa shape index (κ2) is 6.95. The molecule has 4 rings (SSSR count). The van der Waals surface area contributed by atoms with Gasteiger partial charge in [0.2, 0.25) is 0 Å². The number of hydrogen-bond acceptors (Lipinski definition) is 5. The molecule has 1 N–H and O–H groups in total. The molecule has 3 fully saturated rings. The average molecular weight is 357 g/mol. The van der Waals surface area contributed by atoms with Crippen molar-refractivity contribution < 1.29 is 9.59 Å². The first-order chi connectivity index (χ1) is 12.6. The highest BCUT2D eigenvalue weighted by molar-refractivity contribution is 6.07. The number of imide groups is 1. The Hall–Kier alpha value is -2.02. The lowest BCUT2D eigenvalue weighted by Gasteiger charge is -2.33. The van der Waals surface area contributed by atoms with Crippen LogP contribution in [0.25, 0.3) is 0 Å². The number of likely N-dealkylation sites (tertiary alicyclic amines) is 1. The Morgan fingerprint density at radius 3 is 2.81 bits per heavy atom. The Kier molecular flexibility index (Phi) is 4.65. The van der Waals surface area contributed by atoms with Crippen LogP contribution < -0.4 is 5.32 Å². The molecule has 0 aromatic carbocycles. The van der Waals surface area contributed by atoms with Gasteiger partial charge in [-0.1, -0.05) is 12.8 Å². The van der Waals surface area contributed by atoms with Crippen LogP contribution in [-0.4, -0.2) is 63.4 Å². The van der Waals surface area contributed by atoms with Crippen molar-refractivity contribution in [3.05, 3.63) is 23.8 Å². The number of nitrogens with one attached hydrogen (secondary N) is 1. The van der Waals surface area contributed by atoms with Gasteiger partial charge in [0, 0.05) is 37.4 Å². The lowest BCUT2D eigenvalue weighted by Crippen LogP contribution is -2.45. The summed E-state index contributed by atoms with van der Waals surface area (Å²) in [7, 11) is 0. The van der Waals surface area contributed by atoms with Crippen LogP contribution in [0.3, 0.4) is 0 Å². The van der Waals surface area contributed by atoms with Gasteiger partial charge in [0.25, 0.3) is 5.91 Å². The van der Waals surface area contributed by atoms with Crippen molar-refractivity contribution >= 4 is 11.9 Å². The number of piperidine rings is 1. The lowest BCUT2D eigenvalue weighted by atomic mass is 9.94. The van der Waals surface area contributed by atoms with Crippen molar-refractivity contribution in [1.29, 1.82) is 0 Å². The fraction of sp³-hybridized carbons (Fsp3) is 0.684. The van der Waals surface area contributed by atoms with E-state index in [-0.39, 0.29) is 11.9 Å². The van der Waals surface area contributed by atoms with E-state index >= 15 is 0 Å². The zero-order valence-electron chi connectivity index (χ0n) is 15.4. The standard InChI is InChI=1S/C19H27N5O2/c1-14-20-9-6-16(21-14)15-5-4-10-23(13-15)11-12-24-17(25)19(22-18(24)26)7-2-3-8-19/h6,9,15H,2-5,7-8,10-13H2,1H3,(H,22,26). The van der Waals surface area contributed by atoms with Crippen molar-refractivity contribution in [2.45, 2.75) is 56.9 Å². The Balaban J connectivity index is 1.36. The van der Waals surface area contributed by atoms with E-state index in [1.165, 1.54) is 4.90 Å². The summed E-state index contributed by atoms with van der Waals surface area (Å²) < 4.78 is 0. The zero-order valence-corrected chi connectivity index (χ0v) is 15.4. The van der Waals surface area contributed by atoms with Gasteiger partial charge in [0.15, 0.2) is 0 Å². The molecule has 1 spiro atoms. The largest absolute Gasteiger partial charge is 0.325 e. The summed E-state index contributed by atoms with van der Waals surface area (Å²) in [5, 5.41) is 2.96. The van der Waals surface area contributed by atoms with Crippen LogP contribution >= 0.6 is 0 Å². The summed E-state index contributed by atoms with van der Waals surface area (Å²) in [6.45, 7) is 5.05. The lowest BCUT2D eigenvalue weighted by molar-refractivity contribution is -0.131. The smallest absolute Gasteiger partial charge is 0.323 e. The molecule has 1 saturated carbocycles. The monoisotopic (exact) mass is 357 g/mol. The molecule has 1 aliphatic carbocycles. The van der Waals surface area contributed by atoms with E-state index in [2.05, 4.69) is 20.2 Å². The van der Waals surface area contributed by atoms with E-state index in [1.54, 1.807) is 0 Å². The Bertz CT molecular complexity index is 701. The number of hydrogen-bond donors (Lipinski definition) is 1. The number of urea groups is 1. The number of carbonyl (C=O) groups excluding carboxylic acids is 2. The van der Waals surface area contributed by atoms with E-state index in [0.717, 1.165) is 69.7 Å². The maximum atomic E-state index is 12.7. The first kappa shape index (κ1) is 17.4. The molecule has 1 aromatic heterocycles. The molecule has 0 bridgehead atoms. The number of carbonyl (C=O) groups is 2. The summed E-state index contributed by atoms with van der Waals surface area (Å²) >= 11 is 0. The highest BCUT2D eigenvalue weighted by Gasteiger charge is 2.52. The van der Waals surface area contributed by atoms with Gasteiger partial charge in [-0.25, -0.2) is 14.8 Å². The Morgan fingerprint density at radius 2 is 2.04 bits per heavy atom. The second-order valence-corrected chi connectivity index (χ2v) is 7.84.